The van der Waals surface area contributed by atoms with Crippen LogP contribution in [0.25, 0.3) is 11.3 Å². The Morgan fingerprint density at radius 2 is 1.95 bits per heavy atom. The lowest BCUT2D eigenvalue weighted by Gasteiger charge is -2.07. The first-order chi connectivity index (χ1) is 10.3. The van der Waals surface area contributed by atoms with Gasteiger partial charge < -0.3 is 10.3 Å². The van der Waals surface area contributed by atoms with Crippen LogP contribution < -0.4 is 5.32 Å². The summed E-state index contributed by atoms with van der Waals surface area (Å²) >= 11 is 0. The molecule has 2 N–H and O–H groups in total. The van der Waals surface area contributed by atoms with Crippen molar-refractivity contribution >= 4 is 11.6 Å². The zero-order valence-corrected chi connectivity index (χ0v) is 11.4. The molecule has 1 aromatic heterocycles. The third kappa shape index (κ3) is 3.36. The molecule has 4 heteroatoms. The van der Waals surface area contributed by atoms with E-state index in [1.54, 1.807) is 12.5 Å². The maximum Gasteiger partial charge on any atom is 0.228 e. The molecule has 0 spiro atoms. The number of nitrogens with zero attached hydrogens (tertiary/aromatic N) is 1. The number of nitrogens with one attached hydrogen (secondary N) is 2. The van der Waals surface area contributed by atoms with Crippen molar-refractivity contribution in [3.63, 3.8) is 0 Å². The van der Waals surface area contributed by atoms with Crippen molar-refractivity contribution in [1.29, 1.82) is 0 Å². The Morgan fingerprint density at radius 1 is 1.10 bits per heavy atom. The number of benzene rings is 2. The fourth-order valence-corrected chi connectivity index (χ4v) is 2.16. The van der Waals surface area contributed by atoms with E-state index in [4.69, 9.17) is 0 Å². The third-order valence-electron chi connectivity index (χ3n) is 3.16. The van der Waals surface area contributed by atoms with Crippen molar-refractivity contribution in [2.75, 3.05) is 5.32 Å². The quantitative estimate of drug-likeness (QED) is 0.769. The van der Waals surface area contributed by atoms with Crippen LogP contribution >= 0.6 is 0 Å². The standard InChI is InChI=1S/C17H15N3O/c21-17(9-13-5-2-1-3-6-13)20-15-8-4-7-14(10-15)16-11-18-12-19-16/h1-8,10-12H,9H2,(H,18,19)(H,20,21). The lowest BCUT2D eigenvalue weighted by atomic mass is 10.1. The minimum Gasteiger partial charge on any atom is -0.345 e. The van der Waals surface area contributed by atoms with Gasteiger partial charge in [-0.3, -0.25) is 4.79 Å². The molecular formula is C17H15N3O. The van der Waals surface area contributed by atoms with E-state index in [1.807, 2.05) is 54.6 Å². The fourth-order valence-electron chi connectivity index (χ4n) is 2.16. The lowest BCUT2D eigenvalue weighted by molar-refractivity contribution is -0.115. The molecule has 0 radical (unpaired) electrons. The number of rotatable bonds is 4. The Morgan fingerprint density at radius 3 is 2.71 bits per heavy atom. The SMILES string of the molecule is O=C(Cc1ccccc1)Nc1cccc(-c2cnc[nH]2)c1. The maximum atomic E-state index is 12.0. The second kappa shape index (κ2) is 6.05. The summed E-state index contributed by atoms with van der Waals surface area (Å²) in [4.78, 5) is 19.1. The van der Waals surface area contributed by atoms with Gasteiger partial charge in [0.1, 0.15) is 0 Å². The van der Waals surface area contributed by atoms with Gasteiger partial charge in [0.05, 0.1) is 24.6 Å². The third-order valence-corrected chi connectivity index (χ3v) is 3.16. The Kier molecular flexibility index (Phi) is 3.78. The summed E-state index contributed by atoms with van der Waals surface area (Å²) in [6.07, 6.45) is 3.76. The van der Waals surface area contributed by atoms with Gasteiger partial charge in [-0.1, -0.05) is 42.5 Å². The normalized spacial score (nSPS) is 10.3. The lowest BCUT2D eigenvalue weighted by Crippen LogP contribution is -2.14. The van der Waals surface area contributed by atoms with E-state index in [0.29, 0.717) is 6.42 Å². The number of imidazole rings is 1. The van der Waals surface area contributed by atoms with Crippen LogP contribution in [0.2, 0.25) is 0 Å². The second-order valence-electron chi connectivity index (χ2n) is 4.76. The van der Waals surface area contributed by atoms with Gasteiger partial charge in [-0.25, -0.2) is 4.98 Å². The predicted octanol–water partition coefficient (Wildman–Crippen LogP) is 3.26. The van der Waals surface area contributed by atoms with Crippen LogP contribution in [0.15, 0.2) is 67.1 Å². The second-order valence-corrected chi connectivity index (χ2v) is 4.76. The van der Waals surface area contributed by atoms with Crippen LogP contribution in [0, 0.1) is 0 Å². The molecular weight excluding hydrogens is 262 g/mol. The van der Waals surface area contributed by atoms with Gasteiger partial charge in [-0.15, -0.1) is 0 Å². The molecule has 0 atom stereocenters. The van der Waals surface area contributed by atoms with Gasteiger partial charge >= 0.3 is 0 Å². The van der Waals surface area contributed by atoms with Crippen molar-refractivity contribution in [1.82, 2.24) is 9.97 Å². The number of carbonyl (C=O) groups excluding carboxylic acids is 1. The first-order valence-electron chi connectivity index (χ1n) is 6.74. The van der Waals surface area contributed by atoms with Crippen LogP contribution in [0.1, 0.15) is 5.56 Å². The molecule has 0 fully saturated rings. The summed E-state index contributed by atoms with van der Waals surface area (Å²) in [5.41, 5.74) is 3.70. The van der Waals surface area contributed by atoms with Gasteiger partial charge in [-0.2, -0.15) is 0 Å². The topological polar surface area (TPSA) is 57.8 Å². The van der Waals surface area contributed by atoms with Gasteiger partial charge in [0.25, 0.3) is 0 Å². The average molecular weight is 277 g/mol. The van der Waals surface area contributed by atoms with Crippen LogP contribution in [-0.2, 0) is 11.2 Å². The fraction of sp³-hybridized carbons (Fsp3) is 0.0588. The molecule has 0 bridgehead atoms. The first kappa shape index (κ1) is 13.1. The number of H-pyrrole nitrogens is 1. The molecule has 4 nitrogen and oxygen atoms in total. The molecule has 104 valence electrons. The summed E-state index contributed by atoms with van der Waals surface area (Å²) in [7, 11) is 0. The summed E-state index contributed by atoms with van der Waals surface area (Å²) in [5, 5.41) is 2.92. The summed E-state index contributed by atoms with van der Waals surface area (Å²) in [6.45, 7) is 0. The highest BCUT2D eigenvalue weighted by atomic mass is 16.1. The molecule has 0 aliphatic carbocycles. The van der Waals surface area contributed by atoms with Crippen LogP contribution in [0.3, 0.4) is 0 Å². The summed E-state index contributed by atoms with van der Waals surface area (Å²) in [6, 6.07) is 17.4. The van der Waals surface area contributed by atoms with Gasteiger partial charge in [0.15, 0.2) is 0 Å². The molecule has 0 unspecified atom stereocenters. The van der Waals surface area contributed by atoms with Gasteiger partial charge in [0, 0.05) is 11.3 Å². The smallest absolute Gasteiger partial charge is 0.228 e. The number of amides is 1. The molecule has 2 aromatic carbocycles. The van der Waals surface area contributed by atoms with Crippen LogP contribution in [0.4, 0.5) is 5.69 Å². The Hall–Kier alpha value is -2.88. The van der Waals surface area contributed by atoms with Crippen molar-refractivity contribution in [2.45, 2.75) is 6.42 Å². The zero-order chi connectivity index (χ0) is 14.5. The molecule has 1 amide bonds. The Labute approximate surface area is 122 Å². The monoisotopic (exact) mass is 277 g/mol. The molecule has 0 aliphatic rings. The minimum absolute atomic E-state index is 0.0250. The highest BCUT2D eigenvalue weighted by molar-refractivity contribution is 5.92. The Balaban J connectivity index is 1.70. The molecule has 21 heavy (non-hydrogen) atoms. The first-order valence-corrected chi connectivity index (χ1v) is 6.74. The van der Waals surface area contributed by atoms with Crippen molar-refractivity contribution in [3.05, 3.63) is 72.7 Å². The van der Waals surface area contributed by atoms with Gasteiger partial charge in [-0.05, 0) is 17.7 Å². The number of carbonyl (C=O) groups is 1. The number of anilines is 1. The zero-order valence-electron chi connectivity index (χ0n) is 11.4. The van der Waals surface area contributed by atoms with Crippen LogP contribution in [-0.4, -0.2) is 15.9 Å². The summed E-state index contributed by atoms with van der Waals surface area (Å²) in [5.74, 6) is -0.0250. The van der Waals surface area contributed by atoms with Crippen molar-refractivity contribution in [3.8, 4) is 11.3 Å². The van der Waals surface area contributed by atoms with E-state index >= 15 is 0 Å². The number of hydrogen-bond acceptors (Lipinski definition) is 2. The van der Waals surface area contributed by atoms with E-state index in [-0.39, 0.29) is 5.91 Å². The minimum atomic E-state index is -0.0250. The summed E-state index contributed by atoms with van der Waals surface area (Å²) < 4.78 is 0. The van der Waals surface area contributed by atoms with E-state index in [2.05, 4.69) is 15.3 Å². The number of hydrogen-bond donors (Lipinski definition) is 2. The highest BCUT2D eigenvalue weighted by Crippen LogP contribution is 2.20. The molecule has 1 heterocycles. The van der Waals surface area contributed by atoms with E-state index in [9.17, 15) is 4.79 Å². The van der Waals surface area contributed by atoms with E-state index in [0.717, 1.165) is 22.5 Å². The van der Waals surface area contributed by atoms with Gasteiger partial charge in [0.2, 0.25) is 5.91 Å². The molecule has 3 aromatic rings. The number of aromatic amines is 1. The Bertz CT molecular complexity index is 721. The van der Waals surface area contributed by atoms with Crippen molar-refractivity contribution in [2.24, 2.45) is 0 Å². The van der Waals surface area contributed by atoms with Crippen LogP contribution in [0.5, 0.6) is 0 Å². The average Bonchev–Trinajstić information content (AvgIpc) is 3.02. The molecule has 0 aliphatic heterocycles. The molecule has 0 saturated carbocycles. The van der Waals surface area contributed by atoms with Crippen molar-refractivity contribution < 1.29 is 4.79 Å². The number of aromatic nitrogens is 2. The maximum absolute atomic E-state index is 12.0. The highest BCUT2D eigenvalue weighted by Gasteiger charge is 2.05. The molecule has 0 saturated heterocycles. The largest absolute Gasteiger partial charge is 0.345 e. The van der Waals surface area contributed by atoms with E-state index in [1.165, 1.54) is 0 Å². The molecule has 3 rings (SSSR count). The predicted molar refractivity (Wildman–Crippen MR) is 82.8 cm³/mol. The van der Waals surface area contributed by atoms with E-state index < -0.39 is 0 Å².